The summed E-state index contributed by atoms with van der Waals surface area (Å²) in [5.74, 6) is -1.70. The first-order valence-corrected chi connectivity index (χ1v) is 2.49. The van der Waals surface area contributed by atoms with Crippen molar-refractivity contribution in [2.45, 2.75) is 0 Å². The number of nitrogens with zero attached hydrogens (tertiary/aromatic N) is 2. The van der Waals surface area contributed by atoms with Crippen molar-refractivity contribution in [2.75, 3.05) is 0 Å². The van der Waals surface area contributed by atoms with Gasteiger partial charge in [-0.15, -0.1) is 0 Å². The van der Waals surface area contributed by atoms with Gasteiger partial charge in [0.2, 0.25) is 0 Å². The van der Waals surface area contributed by atoms with Crippen LogP contribution in [0.2, 0.25) is 0 Å². The van der Waals surface area contributed by atoms with Gasteiger partial charge in [0.05, 0.1) is 0 Å². The van der Waals surface area contributed by atoms with E-state index in [1.165, 1.54) is 6.07 Å². The van der Waals surface area contributed by atoms with Gasteiger partial charge in [0.1, 0.15) is 11.6 Å². The number of hydrogen-bond donors (Lipinski definition) is 1. The van der Waals surface area contributed by atoms with Gasteiger partial charge in [-0.1, -0.05) is 0 Å². The lowest BCUT2D eigenvalue weighted by Gasteiger charge is -1.92. The molecule has 0 aliphatic rings. The molecule has 0 spiro atoms. The van der Waals surface area contributed by atoms with Gasteiger partial charge in [0.15, 0.2) is 5.75 Å². The SMILES string of the molecule is N#Cc1ccnc(F)c1O. The van der Waals surface area contributed by atoms with Gasteiger partial charge < -0.3 is 5.11 Å². The fourth-order valence-electron chi connectivity index (χ4n) is 0.519. The third kappa shape index (κ3) is 0.890. The zero-order valence-corrected chi connectivity index (χ0v) is 4.87. The quantitative estimate of drug-likeness (QED) is 0.539. The van der Waals surface area contributed by atoms with E-state index >= 15 is 0 Å². The molecule has 1 heterocycles. The normalized spacial score (nSPS) is 8.80. The molecule has 1 N–H and O–H groups in total. The van der Waals surface area contributed by atoms with Crippen molar-refractivity contribution in [2.24, 2.45) is 0 Å². The first kappa shape index (κ1) is 6.49. The van der Waals surface area contributed by atoms with Gasteiger partial charge in [0.25, 0.3) is 5.95 Å². The van der Waals surface area contributed by atoms with Crippen LogP contribution in [0.1, 0.15) is 5.56 Å². The summed E-state index contributed by atoms with van der Waals surface area (Å²) in [5, 5.41) is 17.0. The molecule has 0 atom stereocenters. The third-order valence-corrected chi connectivity index (χ3v) is 1.00. The second kappa shape index (κ2) is 2.31. The van der Waals surface area contributed by atoms with Crippen LogP contribution in [0.25, 0.3) is 0 Å². The molecule has 3 nitrogen and oxygen atoms in total. The van der Waals surface area contributed by atoms with Crippen LogP contribution in [-0.2, 0) is 0 Å². The maximum absolute atomic E-state index is 12.3. The number of aromatic hydroxyl groups is 1. The van der Waals surface area contributed by atoms with Crippen LogP contribution in [0, 0.1) is 17.3 Å². The largest absolute Gasteiger partial charge is 0.503 e. The monoisotopic (exact) mass is 138 g/mol. The molecule has 50 valence electrons. The first-order chi connectivity index (χ1) is 4.75. The highest BCUT2D eigenvalue weighted by atomic mass is 19.1. The van der Waals surface area contributed by atoms with E-state index in [2.05, 4.69) is 4.98 Å². The molecule has 0 saturated heterocycles. The number of halogens is 1. The molecular formula is C6H3FN2O. The van der Waals surface area contributed by atoms with Gasteiger partial charge in [-0.25, -0.2) is 4.98 Å². The van der Waals surface area contributed by atoms with Crippen LogP contribution < -0.4 is 0 Å². The molecule has 0 aliphatic heterocycles. The van der Waals surface area contributed by atoms with Crippen molar-refractivity contribution in [1.29, 1.82) is 5.26 Å². The summed E-state index contributed by atoms with van der Waals surface area (Å²) >= 11 is 0. The highest BCUT2D eigenvalue weighted by Crippen LogP contribution is 2.16. The Hall–Kier alpha value is -1.63. The zero-order chi connectivity index (χ0) is 7.56. The molecule has 0 bridgehead atoms. The standard InChI is InChI=1S/C6H3FN2O/c7-6-5(10)4(3-8)1-2-9-6/h1-2,10H. The maximum atomic E-state index is 12.3. The lowest BCUT2D eigenvalue weighted by molar-refractivity contribution is 0.417. The fraction of sp³-hybridized carbons (Fsp3) is 0. The fourth-order valence-corrected chi connectivity index (χ4v) is 0.519. The number of hydrogen-bond acceptors (Lipinski definition) is 3. The molecule has 0 saturated carbocycles. The smallest absolute Gasteiger partial charge is 0.256 e. The van der Waals surface area contributed by atoms with Crippen LogP contribution in [0.5, 0.6) is 5.75 Å². The van der Waals surface area contributed by atoms with E-state index in [1.807, 2.05) is 0 Å². The Morgan fingerprint density at radius 3 is 2.90 bits per heavy atom. The minimum Gasteiger partial charge on any atom is -0.503 e. The Kier molecular flexibility index (Phi) is 1.50. The Morgan fingerprint density at radius 2 is 2.40 bits per heavy atom. The summed E-state index contributed by atoms with van der Waals surface area (Å²) in [7, 11) is 0. The molecule has 1 rings (SSSR count). The molecular weight excluding hydrogens is 135 g/mol. The van der Waals surface area contributed by atoms with E-state index in [-0.39, 0.29) is 5.56 Å². The van der Waals surface area contributed by atoms with Gasteiger partial charge in [-0.2, -0.15) is 9.65 Å². The van der Waals surface area contributed by atoms with Gasteiger partial charge in [0, 0.05) is 6.20 Å². The highest BCUT2D eigenvalue weighted by molar-refractivity contribution is 5.39. The molecule has 1 aromatic rings. The summed E-state index contributed by atoms with van der Waals surface area (Å²) in [4.78, 5) is 3.12. The summed E-state index contributed by atoms with van der Waals surface area (Å²) in [6, 6.07) is 2.84. The predicted octanol–water partition coefficient (Wildman–Crippen LogP) is 0.798. The molecule has 0 amide bonds. The predicted molar refractivity (Wildman–Crippen MR) is 30.6 cm³/mol. The molecule has 4 heteroatoms. The molecule has 10 heavy (non-hydrogen) atoms. The number of aromatic nitrogens is 1. The van der Waals surface area contributed by atoms with Gasteiger partial charge in [-0.3, -0.25) is 0 Å². The van der Waals surface area contributed by atoms with Crippen molar-refractivity contribution < 1.29 is 9.50 Å². The molecule has 0 fully saturated rings. The van der Waals surface area contributed by atoms with Gasteiger partial charge in [-0.05, 0) is 6.07 Å². The van der Waals surface area contributed by atoms with E-state index < -0.39 is 11.7 Å². The van der Waals surface area contributed by atoms with E-state index in [1.54, 1.807) is 6.07 Å². The third-order valence-electron chi connectivity index (χ3n) is 1.00. The minimum atomic E-state index is -1.01. The van der Waals surface area contributed by atoms with Crippen molar-refractivity contribution >= 4 is 0 Å². The van der Waals surface area contributed by atoms with Crippen molar-refractivity contribution in [3.63, 3.8) is 0 Å². The first-order valence-electron chi connectivity index (χ1n) is 2.49. The molecule has 0 aliphatic carbocycles. The Labute approximate surface area is 56.4 Å². The Morgan fingerprint density at radius 1 is 1.70 bits per heavy atom. The summed E-state index contributed by atoms with van der Waals surface area (Å²) < 4.78 is 12.3. The summed E-state index contributed by atoms with van der Waals surface area (Å²) in [6.45, 7) is 0. The second-order valence-electron chi connectivity index (χ2n) is 1.61. The number of pyridine rings is 1. The molecule has 0 unspecified atom stereocenters. The van der Waals surface area contributed by atoms with E-state index in [0.29, 0.717) is 0 Å². The lowest BCUT2D eigenvalue weighted by atomic mass is 10.3. The van der Waals surface area contributed by atoms with Crippen LogP contribution in [0.15, 0.2) is 12.3 Å². The number of nitriles is 1. The highest BCUT2D eigenvalue weighted by Gasteiger charge is 2.05. The van der Waals surface area contributed by atoms with Crippen LogP contribution in [0.3, 0.4) is 0 Å². The van der Waals surface area contributed by atoms with Crippen LogP contribution >= 0.6 is 0 Å². The summed E-state index contributed by atoms with van der Waals surface area (Å²) in [6.07, 6.45) is 1.12. The Bertz CT molecular complexity index is 292. The Balaban J connectivity index is 3.31. The molecule has 0 radical (unpaired) electrons. The van der Waals surface area contributed by atoms with Crippen LogP contribution in [0.4, 0.5) is 4.39 Å². The minimum absolute atomic E-state index is 0.104. The van der Waals surface area contributed by atoms with Crippen molar-refractivity contribution in [3.05, 3.63) is 23.8 Å². The molecule has 0 aromatic carbocycles. The van der Waals surface area contributed by atoms with Crippen LogP contribution in [-0.4, -0.2) is 10.1 Å². The van der Waals surface area contributed by atoms with Crippen molar-refractivity contribution in [3.8, 4) is 11.8 Å². The van der Waals surface area contributed by atoms with E-state index in [0.717, 1.165) is 6.20 Å². The van der Waals surface area contributed by atoms with E-state index in [4.69, 9.17) is 10.4 Å². The topological polar surface area (TPSA) is 56.9 Å². The average Bonchev–Trinajstić information content (AvgIpc) is 1.95. The lowest BCUT2D eigenvalue weighted by Crippen LogP contribution is -1.85. The summed E-state index contributed by atoms with van der Waals surface area (Å²) in [5.41, 5.74) is -0.104. The number of rotatable bonds is 0. The molecule has 1 aromatic heterocycles. The average molecular weight is 138 g/mol. The van der Waals surface area contributed by atoms with Crippen molar-refractivity contribution in [1.82, 2.24) is 4.98 Å². The van der Waals surface area contributed by atoms with Gasteiger partial charge >= 0.3 is 0 Å². The maximum Gasteiger partial charge on any atom is 0.256 e. The van der Waals surface area contributed by atoms with E-state index in [9.17, 15) is 4.39 Å². The second-order valence-corrected chi connectivity index (χ2v) is 1.61. The zero-order valence-electron chi connectivity index (χ0n) is 4.87.